The molecule has 1 aromatic rings. The Labute approximate surface area is 86.6 Å². The van der Waals surface area contributed by atoms with Crippen molar-refractivity contribution >= 4 is 11.8 Å². The molecule has 1 aliphatic rings. The third-order valence-electron chi connectivity index (χ3n) is 2.40. The Hall–Kier alpha value is -0.740. The molecule has 0 fully saturated rings. The molecule has 0 bridgehead atoms. The van der Waals surface area contributed by atoms with Crippen molar-refractivity contribution in [1.82, 2.24) is 0 Å². The van der Waals surface area contributed by atoms with E-state index in [0.717, 1.165) is 22.8 Å². The van der Waals surface area contributed by atoms with Crippen LogP contribution in [0.3, 0.4) is 0 Å². The third kappa shape index (κ3) is 1.48. The first-order chi connectivity index (χ1) is 6.74. The van der Waals surface area contributed by atoms with Gasteiger partial charge < -0.3 is 10.5 Å². The standard InChI is InChI=1S/C10H12FNOS/c1-13-9-3-2-7(11)10-6(9)4-14-5-8(10)12/h2-3,8H,4-5,12H2,1H3/t8-/m1/s1. The minimum atomic E-state index is -0.214. The molecule has 1 atom stereocenters. The predicted molar refractivity (Wildman–Crippen MR) is 56.0 cm³/mol. The minimum absolute atomic E-state index is 0.209. The monoisotopic (exact) mass is 213 g/mol. The smallest absolute Gasteiger partial charge is 0.128 e. The lowest BCUT2D eigenvalue weighted by Gasteiger charge is -2.24. The van der Waals surface area contributed by atoms with E-state index in [2.05, 4.69) is 0 Å². The molecule has 2 rings (SSSR count). The van der Waals surface area contributed by atoms with Crippen LogP contribution >= 0.6 is 11.8 Å². The molecule has 0 spiro atoms. The first-order valence-corrected chi connectivity index (χ1v) is 5.58. The Morgan fingerprint density at radius 1 is 1.57 bits per heavy atom. The number of nitrogens with two attached hydrogens (primary N) is 1. The van der Waals surface area contributed by atoms with E-state index in [0.29, 0.717) is 5.56 Å². The highest BCUT2D eigenvalue weighted by atomic mass is 32.2. The number of ether oxygens (including phenoxy) is 1. The predicted octanol–water partition coefficient (Wildman–Crippen LogP) is 2.08. The zero-order valence-corrected chi connectivity index (χ0v) is 8.73. The first-order valence-electron chi connectivity index (χ1n) is 4.42. The SMILES string of the molecule is COc1ccc(F)c2c1CSC[C@H]2N. The van der Waals surface area contributed by atoms with Crippen molar-refractivity contribution in [3.63, 3.8) is 0 Å². The highest BCUT2D eigenvalue weighted by Gasteiger charge is 2.23. The number of hydrogen-bond donors (Lipinski definition) is 1. The van der Waals surface area contributed by atoms with Crippen LogP contribution in [0.2, 0.25) is 0 Å². The largest absolute Gasteiger partial charge is 0.496 e. The third-order valence-corrected chi connectivity index (χ3v) is 3.48. The lowest BCUT2D eigenvalue weighted by molar-refractivity contribution is 0.408. The van der Waals surface area contributed by atoms with Crippen LogP contribution in [0.25, 0.3) is 0 Å². The number of thioether (sulfide) groups is 1. The Morgan fingerprint density at radius 2 is 2.36 bits per heavy atom. The number of halogens is 1. The van der Waals surface area contributed by atoms with Crippen LogP contribution in [0, 0.1) is 5.82 Å². The molecule has 0 aliphatic carbocycles. The summed E-state index contributed by atoms with van der Waals surface area (Å²) in [4.78, 5) is 0. The summed E-state index contributed by atoms with van der Waals surface area (Å²) in [5, 5.41) is 0. The van der Waals surface area contributed by atoms with Crippen molar-refractivity contribution in [2.75, 3.05) is 12.9 Å². The van der Waals surface area contributed by atoms with Gasteiger partial charge in [-0.05, 0) is 12.1 Å². The van der Waals surface area contributed by atoms with Crippen LogP contribution < -0.4 is 10.5 Å². The molecule has 1 aromatic carbocycles. The Bertz CT molecular complexity index is 356. The van der Waals surface area contributed by atoms with Crippen LogP contribution in [0.4, 0.5) is 4.39 Å². The number of fused-ring (bicyclic) bond motifs is 1. The number of methoxy groups -OCH3 is 1. The van der Waals surface area contributed by atoms with Gasteiger partial charge >= 0.3 is 0 Å². The number of hydrogen-bond acceptors (Lipinski definition) is 3. The second kappa shape index (κ2) is 3.79. The summed E-state index contributed by atoms with van der Waals surface area (Å²) in [7, 11) is 1.60. The van der Waals surface area contributed by atoms with Gasteiger partial charge in [-0.15, -0.1) is 0 Å². The van der Waals surface area contributed by atoms with Gasteiger partial charge in [-0.1, -0.05) is 0 Å². The average Bonchev–Trinajstić information content (AvgIpc) is 2.18. The van der Waals surface area contributed by atoms with E-state index in [4.69, 9.17) is 10.5 Å². The minimum Gasteiger partial charge on any atom is -0.496 e. The fraction of sp³-hybridized carbons (Fsp3) is 0.400. The molecular formula is C10H12FNOS. The van der Waals surface area contributed by atoms with Crippen LogP contribution in [0.15, 0.2) is 12.1 Å². The van der Waals surface area contributed by atoms with Crippen LogP contribution in [-0.4, -0.2) is 12.9 Å². The lowest BCUT2D eigenvalue weighted by atomic mass is 10.0. The molecule has 0 saturated heterocycles. The fourth-order valence-electron chi connectivity index (χ4n) is 1.73. The quantitative estimate of drug-likeness (QED) is 0.775. The molecule has 0 amide bonds. The van der Waals surface area contributed by atoms with Crippen molar-refractivity contribution in [2.24, 2.45) is 5.73 Å². The second-order valence-corrected chi connectivity index (χ2v) is 4.29. The van der Waals surface area contributed by atoms with Gasteiger partial charge in [-0.3, -0.25) is 0 Å². The van der Waals surface area contributed by atoms with Gasteiger partial charge in [0.25, 0.3) is 0 Å². The molecular weight excluding hydrogens is 201 g/mol. The van der Waals surface area contributed by atoms with E-state index in [9.17, 15) is 4.39 Å². The van der Waals surface area contributed by atoms with Gasteiger partial charge in [0.05, 0.1) is 7.11 Å². The summed E-state index contributed by atoms with van der Waals surface area (Å²) in [5.74, 6) is 2.08. The Balaban J connectivity index is 2.57. The number of rotatable bonds is 1. The fourth-order valence-corrected chi connectivity index (χ4v) is 2.77. The van der Waals surface area contributed by atoms with Crippen molar-refractivity contribution in [3.8, 4) is 5.75 Å². The van der Waals surface area contributed by atoms with Crippen LogP contribution in [0.1, 0.15) is 17.2 Å². The molecule has 0 unspecified atom stereocenters. The van der Waals surface area contributed by atoms with E-state index in [1.165, 1.54) is 6.07 Å². The normalized spacial score (nSPS) is 20.4. The van der Waals surface area contributed by atoms with E-state index < -0.39 is 0 Å². The summed E-state index contributed by atoms with van der Waals surface area (Å²) < 4.78 is 18.7. The molecule has 4 heteroatoms. The number of benzene rings is 1. The van der Waals surface area contributed by atoms with Gasteiger partial charge in [-0.2, -0.15) is 11.8 Å². The van der Waals surface area contributed by atoms with Gasteiger partial charge in [0, 0.05) is 28.7 Å². The van der Waals surface area contributed by atoms with E-state index in [1.54, 1.807) is 24.9 Å². The van der Waals surface area contributed by atoms with Crippen molar-refractivity contribution in [2.45, 2.75) is 11.8 Å². The van der Waals surface area contributed by atoms with E-state index in [-0.39, 0.29) is 11.9 Å². The summed E-state index contributed by atoms with van der Waals surface area (Å²) >= 11 is 1.71. The van der Waals surface area contributed by atoms with Crippen molar-refractivity contribution in [3.05, 3.63) is 29.1 Å². The summed E-state index contributed by atoms with van der Waals surface area (Å²) in [6.45, 7) is 0. The zero-order chi connectivity index (χ0) is 10.1. The summed E-state index contributed by atoms with van der Waals surface area (Å²) in [6, 6.07) is 2.87. The van der Waals surface area contributed by atoms with Crippen molar-refractivity contribution < 1.29 is 9.13 Å². The van der Waals surface area contributed by atoms with E-state index in [1.807, 2.05) is 0 Å². The first kappa shape index (κ1) is 9.80. The van der Waals surface area contributed by atoms with Gasteiger partial charge in [-0.25, -0.2) is 4.39 Å². The van der Waals surface area contributed by atoms with Gasteiger partial charge in [0.15, 0.2) is 0 Å². The maximum absolute atomic E-state index is 13.5. The van der Waals surface area contributed by atoms with E-state index >= 15 is 0 Å². The average molecular weight is 213 g/mol. The molecule has 0 radical (unpaired) electrons. The molecule has 1 aliphatic heterocycles. The lowest BCUT2D eigenvalue weighted by Crippen LogP contribution is -2.21. The molecule has 2 N–H and O–H groups in total. The molecule has 76 valence electrons. The second-order valence-electron chi connectivity index (χ2n) is 3.26. The van der Waals surface area contributed by atoms with Gasteiger partial charge in [0.1, 0.15) is 11.6 Å². The van der Waals surface area contributed by atoms with Crippen LogP contribution in [0.5, 0.6) is 5.75 Å². The molecule has 1 heterocycles. The van der Waals surface area contributed by atoms with Crippen LogP contribution in [-0.2, 0) is 5.75 Å². The summed E-state index contributed by atoms with van der Waals surface area (Å²) in [6.07, 6.45) is 0. The maximum Gasteiger partial charge on any atom is 0.128 e. The zero-order valence-electron chi connectivity index (χ0n) is 7.92. The highest BCUT2D eigenvalue weighted by molar-refractivity contribution is 7.98. The Kier molecular flexibility index (Phi) is 2.65. The molecule has 0 saturated carbocycles. The topological polar surface area (TPSA) is 35.2 Å². The van der Waals surface area contributed by atoms with Crippen molar-refractivity contribution in [1.29, 1.82) is 0 Å². The maximum atomic E-state index is 13.5. The Morgan fingerprint density at radius 3 is 3.07 bits per heavy atom. The molecule has 14 heavy (non-hydrogen) atoms. The van der Waals surface area contributed by atoms with Gasteiger partial charge in [0.2, 0.25) is 0 Å². The summed E-state index contributed by atoms with van der Waals surface area (Å²) in [5.41, 5.74) is 7.40. The highest BCUT2D eigenvalue weighted by Crippen LogP contribution is 2.37. The molecule has 0 aromatic heterocycles. The molecule has 2 nitrogen and oxygen atoms in total.